The van der Waals surface area contributed by atoms with E-state index >= 15 is 0 Å². The van der Waals surface area contributed by atoms with E-state index in [1.54, 1.807) is 32.3 Å². The van der Waals surface area contributed by atoms with Gasteiger partial charge in [0.2, 0.25) is 0 Å². The minimum atomic E-state index is -0.0875. The number of hydrogen-bond acceptors (Lipinski definition) is 3. The van der Waals surface area contributed by atoms with Crippen molar-refractivity contribution in [1.82, 2.24) is 4.90 Å². The summed E-state index contributed by atoms with van der Waals surface area (Å²) in [5.74, 6) is 5.12. The van der Waals surface area contributed by atoms with Crippen LogP contribution in [0.4, 0.5) is 5.69 Å². The Kier molecular flexibility index (Phi) is 3.33. The molecule has 1 rings (SSSR count). The second kappa shape index (κ2) is 4.30. The highest BCUT2D eigenvalue weighted by Gasteiger charge is 2.09. The van der Waals surface area contributed by atoms with Crippen molar-refractivity contribution in [2.24, 2.45) is 5.84 Å². The number of halogens is 1. The number of nitrogen functional groups attached to an aromatic ring is 1. The van der Waals surface area contributed by atoms with Gasteiger partial charge in [0.05, 0.1) is 10.7 Å². The Morgan fingerprint density at radius 1 is 1.50 bits per heavy atom. The van der Waals surface area contributed by atoms with Crippen LogP contribution in [0, 0.1) is 0 Å². The highest BCUT2D eigenvalue weighted by molar-refractivity contribution is 6.33. The molecule has 5 heteroatoms. The Balaban J connectivity index is 3.03. The van der Waals surface area contributed by atoms with Gasteiger partial charge in [0.1, 0.15) is 0 Å². The number of nitrogens with two attached hydrogens (primary N) is 1. The maximum absolute atomic E-state index is 11.5. The molecule has 0 atom stereocenters. The Bertz CT molecular complexity index is 352. The summed E-state index contributed by atoms with van der Waals surface area (Å²) in [5, 5.41) is 0.431. The van der Waals surface area contributed by atoms with E-state index < -0.39 is 0 Å². The topological polar surface area (TPSA) is 58.4 Å². The number of amides is 1. The molecule has 0 saturated heterocycles. The molecule has 4 nitrogen and oxygen atoms in total. The number of nitrogens with one attached hydrogen (secondary N) is 1. The first-order valence-electron chi connectivity index (χ1n) is 4.04. The third kappa shape index (κ3) is 2.16. The molecule has 0 aliphatic rings. The third-order valence-electron chi connectivity index (χ3n) is 1.78. The molecule has 0 heterocycles. The summed E-state index contributed by atoms with van der Waals surface area (Å²) in [6.07, 6.45) is 0. The molecule has 0 spiro atoms. The largest absolute Gasteiger partial charge is 0.345 e. The van der Waals surface area contributed by atoms with E-state index in [4.69, 9.17) is 17.4 Å². The molecule has 0 unspecified atom stereocenters. The van der Waals surface area contributed by atoms with Crippen LogP contribution in [-0.2, 0) is 0 Å². The van der Waals surface area contributed by atoms with Gasteiger partial charge in [-0.2, -0.15) is 0 Å². The molecular formula is C9H12ClN3O. The second-order valence-electron chi connectivity index (χ2n) is 3.04. The van der Waals surface area contributed by atoms with E-state index in [2.05, 4.69) is 5.43 Å². The van der Waals surface area contributed by atoms with Crippen LogP contribution >= 0.6 is 11.6 Å². The van der Waals surface area contributed by atoms with Crippen molar-refractivity contribution >= 4 is 23.2 Å². The lowest BCUT2D eigenvalue weighted by atomic mass is 10.2. The molecular weight excluding hydrogens is 202 g/mol. The summed E-state index contributed by atoms with van der Waals surface area (Å²) < 4.78 is 0. The Morgan fingerprint density at radius 3 is 2.57 bits per heavy atom. The predicted molar refractivity (Wildman–Crippen MR) is 57.3 cm³/mol. The van der Waals surface area contributed by atoms with Gasteiger partial charge in [0, 0.05) is 19.7 Å². The zero-order valence-electron chi connectivity index (χ0n) is 8.04. The Labute approximate surface area is 87.6 Å². The lowest BCUT2D eigenvalue weighted by molar-refractivity contribution is 0.0827. The second-order valence-corrected chi connectivity index (χ2v) is 3.45. The zero-order chi connectivity index (χ0) is 10.7. The molecule has 1 aromatic carbocycles. The van der Waals surface area contributed by atoms with Gasteiger partial charge in [-0.1, -0.05) is 11.6 Å². The molecule has 0 saturated carbocycles. The number of hydrazine groups is 1. The summed E-state index contributed by atoms with van der Waals surface area (Å²) in [7, 11) is 3.37. The quantitative estimate of drug-likeness (QED) is 0.576. The van der Waals surface area contributed by atoms with Gasteiger partial charge < -0.3 is 10.3 Å². The van der Waals surface area contributed by atoms with E-state index in [0.29, 0.717) is 16.3 Å². The van der Waals surface area contributed by atoms with Crippen LogP contribution in [0.1, 0.15) is 10.4 Å². The average molecular weight is 214 g/mol. The summed E-state index contributed by atoms with van der Waals surface area (Å²) in [4.78, 5) is 13.0. The number of carbonyl (C=O) groups excluding carboxylic acids is 1. The summed E-state index contributed by atoms with van der Waals surface area (Å²) >= 11 is 5.87. The molecule has 76 valence electrons. The summed E-state index contributed by atoms with van der Waals surface area (Å²) in [6.45, 7) is 0. The Hall–Kier alpha value is -1.26. The lowest BCUT2D eigenvalue weighted by Crippen LogP contribution is -2.21. The van der Waals surface area contributed by atoms with Crippen LogP contribution in [0.2, 0.25) is 5.02 Å². The van der Waals surface area contributed by atoms with Gasteiger partial charge in [-0.15, -0.1) is 0 Å². The van der Waals surface area contributed by atoms with Crippen molar-refractivity contribution in [3.63, 3.8) is 0 Å². The fourth-order valence-electron chi connectivity index (χ4n) is 1.02. The molecule has 0 fully saturated rings. The van der Waals surface area contributed by atoms with Gasteiger partial charge in [0.25, 0.3) is 5.91 Å². The molecule has 3 N–H and O–H groups in total. The van der Waals surface area contributed by atoms with Crippen LogP contribution in [-0.4, -0.2) is 24.9 Å². The van der Waals surface area contributed by atoms with Gasteiger partial charge >= 0.3 is 0 Å². The molecule has 0 bridgehead atoms. The minimum Gasteiger partial charge on any atom is -0.345 e. The first-order valence-corrected chi connectivity index (χ1v) is 4.42. The fraction of sp³-hybridized carbons (Fsp3) is 0.222. The normalized spacial score (nSPS) is 9.71. The zero-order valence-corrected chi connectivity index (χ0v) is 8.80. The summed E-state index contributed by atoms with van der Waals surface area (Å²) in [6, 6.07) is 4.92. The number of rotatable bonds is 2. The van der Waals surface area contributed by atoms with Crippen LogP contribution in [0.5, 0.6) is 0 Å². The highest BCUT2D eigenvalue weighted by atomic mass is 35.5. The summed E-state index contributed by atoms with van der Waals surface area (Å²) in [5.41, 5.74) is 3.57. The van der Waals surface area contributed by atoms with E-state index in [1.165, 1.54) is 4.90 Å². The van der Waals surface area contributed by atoms with Crippen LogP contribution in [0.15, 0.2) is 18.2 Å². The van der Waals surface area contributed by atoms with Gasteiger partial charge in [-0.3, -0.25) is 10.6 Å². The number of benzene rings is 1. The van der Waals surface area contributed by atoms with Crippen molar-refractivity contribution in [3.05, 3.63) is 28.8 Å². The smallest absolute Gasteiger partial charge is 0.253 e. The van der Waals surface area contributed by atoms with E-state index in [9.17, 15) is 4.79 Å². The first kappa shape index (κ1) is 10.8. The van der Waals surface area contributed by atoms with Crippen LogP contribution in [0.25, 0.3) is 0 Å². The number of hydrogen-bond donors (Lipinski definition) is 2. The van der Waals surface area contributed by atoms with Gasteiger partial charge in [-0.05, 0) is 18.2 Å². The van der Waals surface area contributed by atoms with Gasteiger partial charge in [0.15, 0.2) is 0 Å². The standard InChI is InChI=1S/C9H12ClN3O/c1-13(2)9(14)6-3-4-8(12-11)7(10)5-6/h3-5,12H,11H2,1-2H3. The highest BCUT2D eigenvalue weighted by Crippen LogP contribution is 2.22. The molecule has 0 radical (unpaired) electrons. The predicted octanol–water partition coefficient (Wildman–Crippen LogP) is 1.33. The molecule has 1 amide bonds. The van der Waals surface area contributed by atoms with Crippen molar-refractivity contribution in [2.75, 3.05) is 19.5 Å². The van der Waals surface area contributed by atoms with E-state index in [1.807, 2.05) is 0 Å². The van der Waals surface area contributed by atoms with E-state index in [0.717, 1.165) is 0 Å². The first-order chi connectivity index (χ1) is 6.56. The monoisotopic (exact) mass is 213 g/mol. The van der Waals surface area contributed by atoms with Crippen LogP contribution in [0.3, 0.4) is 0 Å². The van der Waals surface area contributed by atoms with Gasteiger partial charge in [-0.25, -0.2) is 0 Å². The molecule has 0 aromatic heterocycles. The molecule has 14 heavy (non-hydrogen) atoms. The average Bonchev–Trinajstić information content (AvgIpc) is 2.16. The third-order valence-corrected chi connectivity index (χ3v) is 2.09. The SMILES string of the molecule is CN(C)C(=O)c1ccc(NN)c(Cl)c1. The molecule has 0 aliphatic carbocycles. The Morgan fingerprint density at radius 2 is 2.14 bits per heavy atom. The minimum absolute atomic E-state index is 0.0875. The number of nitrogens with zero attached hydrogens (tertiary/aromatic N) is 1. The van der Waals surface area contributed by atoms with Crippen molar-refractivity contribution in [3.8, 4) is 0 Å². The molecule has 0 aliphatic heterocycles. The maximum atomic E-state index is 11.5. The number of anilines is 1. The number of carbonyl (C=O) groups is 1. The molecule has 1 aromatic rings. The van der Waals surface area contributed by atoms with Crippen LogP contribution < -0.4 is 11.3 Å². The van der Waals surface area contributed by atoms with Crippen molar-refractivity contribution in [2.45, 2.75) is 0 Å². The fourth-order valence-corrected chi connectivity index (χ4v) is 1.26. The van der Waals surface area contributed by atoms with Crippen molar-refractivity contribution < 1.29 is 4.79 Å². The van der Waals surface area contributed by atoms with Crippen molar-refractivity contribution in [1.29, 1.82) is 0 Å². The van der Waals surface area contributed by atoms with E-state index in [-0.39, 0.29) is 5.91 Å². The lowest BCUT2D eigenvalue weighted by Gasteiger charge is -2.11. The maximum Gasteiger partial charge on any atom is 0.253 e.